The van der Waals surface area contributed by atoms with Gasteiger partial charge in [0, 0.05) is 17.7 Å². The smallest absolute Gasteiger partial charge is 0.150 e. The zero-order valence-corrected chi connectivity index (χ0v) is 8.42. The first kappa shape index (κ1) is 9.58. The van der Waals surface area contributed by atoms with Crippen LogP contribution in [0.4, 0.5) is 0 Å². The first-order valence-electron chi connectivity index (χ1n) is 4.80. The molecule has 0 spiro atoms. The molecule has 0 amide bonds. The summed E-state index contributed by atoms with van der Waals surface area (Å²) < 4.78 is 1.77. The van der Waals surface area contributed by atoms with Crippen LogP contribution in [0.5, 0.6) is 0 Å². The van der Waals surface area contributed by atoms with E-state index in [1.807, 2.05) is 25.1 Å². The zero-order chi connectivity index (χ0) is 10.7. The molecule has 0 N–H and O–H groups in total. The number of carbonyl (C=O) groups is 1. The van der Waals surface area contributed by atoms with E-state index in [0.717, 1.165) is 24.1 Å². The zero-order valence-electron chi connectivity index (χ0n) is 8.42. The first-order chi connectivity index (χ1) is 7.36. The van der Waals surface area contributed by atoms with Gasteiger partial charge in [0.1, 0.15) is 0 Å². The Bertz CT molecular complexity index is 476. The van der Waals surface area contributed by atoms with E-state index < -0.39 is 0 Å². The molecule has 1 aromatic carbocycles. The van der Waals surface area contributed by atoms with E-state index in [1.54, 1.807) is 16.9 Å². The van der Waals surface area contributed by atoms with Crippen molar-refractivity contribution in [3.05, 3.63) is 36.0 Å². The summed E-state index contributed by atoms with van der Waals surface area (Å²) in [7, 11) is 0. The Kier molecular flexibility index (Phi) is 2.58. The molecule has 0 saturated heterocycles. The predicted molar refractivity (Wildman–Crippen MR) is 56.5 cm³/mol. The SMILES string of the molecule is CCn1nncc1-c1ccccc1C=O. The number of aromatic nitrogens is 3. The van der Waals surface area contributed by atoms with E-state index in [9.17, 15) is 4.79 Å². The lowest BCUT2D eigenvalue weighted by molar-refractivity contribution is 0.112. The average Bonchev–Trinajstić information content (AvgIpc) is 2.76. The topological polar surface area (TPSA) is 47.8 Å². The molecular formula is C11H11N3O. The van der Waals surface area contributed by atoms with Crippen LogP contribution >= 0.6 is 0 Å². The minimum absolute atomic E-state index is 0.662. The molecule has 2 rings (SSSR count). The Hall–Kier alpha value is -1.97. The number of hydrogen-bond donors (Lipinski definition) is 0. The third-order valence-electron chi connectivity index (χ3n) is 2.28. The second-order valence-corrected chi connectivity index (χ2v) is 3.14. The van der Waals surface area contributed by atoms with E-state index in [1.165, 1.54) is 0 Å². The van der Waals surface area contributed by atoms with Crippen molar-refractivity contribution >= 4 is 6.29 Å². The maximum atomic E-state index is 10.9. The Morgan fingerprint density at radius 2 is 2.20 bits per heavy atom. The average molecular weight is 201 g/mol. The molecule has 0 saturated carbocycles. The summed E-state index contributed by atoms with van der Waals surface area (Å²) in [6.07, 6.45) is 2.52. The molecule has 0 aliphatic rings. The lowest BCUT2D eigenvalue weighted by atomic mass is 10.1. The number of aryl methyl sites for hydroxylation is 1. The van der Waals surface area contributed by atoms with E-state index in [2.05, 4.69) is 10.3 Å². The highest BCUT2D eigenvalue weighted by molar-refractivity contribution is 5.86. The van der Waals surface area contributed by atoms with E-state index in [-0.39, 0.29) is 0 Å². The highest BCUT2D eigenvalue weighted by Crippen LogP contribution is 2.21. The number of benzene rings is 1. The van der Waals surface area contributed by atoms with Gasteiger partial charge in [-0.15, -0.1) is 5.10 Å². The summed E-state index contributed by atoms with van der Waals surface area (Å²) in [6, 6.07) is 7.42. The highest BCUT2D eigenvalue weighted by atomic mass is 16.1. The molecule has 76 valence electrons. The van der Waals surface area contributed by atoms with Crippen molar-refractivity contribution in [3.63, 3.8) is 0 Å². The van der Waals surface area contributed by atoms with Gasteiger partial charge in [0.25, 0.3) is 0 Å². The predicted octanol–water partition coefficient (Wildman–Crippen LogP) is 1.78. The minimum atomic E-state index is 0.662. The number of hydrogen-bond acceptors (Lipinski definition) is 3. The molecule has 0 aliphatic heterocycles. The molecule has 0 unspecified atom stereocenters. The van der Waals surface area contributed by atoms with Gasteiger partial charge in [-0.25, -0.2) is 4.68 Å². The second-order valence-electron chi connectivity index (χ2n) is 3.14. The van der Waals surface area contributed by atoms with Crippen LogP contribution in [0.3, 0.4) is 0 Å². The molecule has 0 fully saturated rings. The molecule has 4 heteroatoms. The molecule has 1 aromatic heterocycles. The Labute approximate surface area is 87.5 Å². The monoisotopic (exact) mass is 201 g/mol. The quantitative estimate of drug-likeness (QED) is 0.711. The van der Waals surface area contributed by atoms with Gasteiger partial charge >= 0.3 is 0 Å². The van der Waals surface area contributed by atoms with Crippen molar-refractivity contribution in [1.29, 1.82) is 0 Å². The van der Waals surface area contributed by atoms with Crippen molar-refractivity contribution in [3.8, 4) is 11.3 Å². The molecule has 0 atom stereocenters. The Morgan fingerprint density at radius 3 is 2.93 bits per heavy atom. The largest absolute Gasteiger partial charge is 0.298 e. The summed E-state index contributed by atoms with van der Waals surface area (Å²) in [5.41, 5.74) is 2.41. The molecular weight excluding hydrogens is 190 g/mol. The van der Waals surface area contributed by atoms with Gasteiger partial charge in [-0.3, -0.25) is 4.79 Å². The van der Waals surface area contributed by atoms with Crippen LogP contribution in [-0.2, 0) is 6.54 Å². The maximum absolute atomic E-state index is 10.9. The van der Waals surface area contributed by atoms with Crippen LogP contribution in [0.25, 0.3) is 11.3 Å². The summed E-state index contributed by atoms with van der Waals surface area (Å²) in [4.78, 5) is 10.9. The van der Waals surface area contributed by atoms with Crippen LogP contribution < -0.4 is 0 Å². The van der Waals surface area contributed by atoms with Crippen LogP contribution in [0.15, 0.2) is 30.5 Å². The Balaban J connectivity index is 2.58. The summed E-state index contributed by atoms with van der Waals surface area (Å²) in [6.45, 7) is 2.73. The van der Waals surface area contributed by atoms with E-state index >= 15 is 0 Å². The lowest BCUT2D eigenvalue weighted by Gasteiger charge is -2.05. The van der Waals surface area contributed by atoms with E-state index in [4.69, 9.17) is 0 Å². The van der Waals surface area contributed by atoms with Crippen LogP contribution in [0, 0.1) is 0 Å². The fraction of sp³-hybridized carbons (Fsp3) is 0.182. The number of aldehydes is 1. The molecule has 1 heterocycles. The summed E-state index contributed by atoms with van der Waals surface area (Å²) in [5, 5.41) is 7.78. The number of nitrogens with zero attached hydrogens (tertiary/aromatic N) is 3. The lowest BCUT2D eigenvalue weighted by Crippen LogP contribution is -2.00. The fourth-order valence-corrected chi connectivity index (χ4v) is 1.53. The fourth-order valence-electron chi connectivity index (χ4n) is 1.53. The van der Waals surface area contributed by atoms with Crippen LogP contribution in [0.1, 0.15) is 17.3 Å². The normalized spacial score (nSPS) is 10.2. The second kappa shape index (κ2) is 4.04. The van der Waals surface area contributed by atoms with Gasteiger partial charge in [0.2, 0.25) is 0 Å². The molecule has 0 aliphatic carbocycles. The molecule has 0 bridgehead atoms. The van der Waals surface area contributed by atoms with Crippen LogP contribution in [-0.4, -0.2) is 21.3 Å². The van der Waals surface area contributed by atoms with Gasteiger partial charge in [-0.2, -0.15) is 0 Å². The van der Waals surface area contributed by atoms with Gasteiger partial charge in [-0.05, 0) is 6.92 Å². The third-order valence-corrected chi connectivity index (χ3v) is 2.28. The van der Waals surface area contributed by atoms with Crippen molar-refractivity contribution in [2.45, 2.75) is 13.5 Å². The van der Waals surface area contributed by atoms with Crippen molar-refractivity contribution in [2.75, 3.05) is 0 Å². The molecule has 15 heavy (non-hydrogen) atoms. The van der Waals surface area contributed by atoms with Gasteiger partial charge < -0.3 is 0 Å². The van der Waals surface area contributed by atoms with Gasteiger partial charge in [-0.1, -0.05) is 29.5 Å². The highest BCUT2D eigenvalue weighted by Gasteiger charge is 2.08. The number of carbonyl (C=O) groups excluding carboxylic acids is 1. The van der Waals surface area contributed by atoms with Crippen molar-refractivity contribution in [1.82, 2.24) is 15.0 Å². The maximum Gasteiger partial charge on any atom is 0.150 e. The van der Waals surface area contributed by atoms with Crippen molar-refractivity contribution in [2.24, 2.45) is 0 Å². The van der Waals surface area contributed by atoms with Gasteiger partial charge in [0.15, 0.2) is 6.29 Å². The first-order valence-corrected chi connectivity index (χ1v) is 4.80. The summed E-state index contributed by atoms with van der Waals surface area (Å²) in [5.74, 6) is 0. The third kappa shape index (κ3) is 1.66. The van der Waals surface area contributed by atoms with Crippen molar-refractivity contribution < 1.29 is 4.79 Å². The minimum Gasteiger partial charge on any atom is -0.298 e. The van der Waals surface area contributed by atoms with Gasteiger partial charge in [0.05, 0.1) is 11.9 Å². The Morgan fingerprint density at radius 1 is 1.40 bits per heavy atom. The standard InChI is InChI=1S/C11H11N3O/c1-2-14-11(7-12-13-14)10-6-4-3-5-9(10)8-15/h3-8H,2H2,1H3. The van der Waals surface area contributed by atoms with Crippen LogP contribution in [0.2, 0.25) is 0 Å². The van der Waals surface area contributed by atoms with E-state index in [0.29, 0.717) is 5.56 Å². The number of rotatable bonds is 3. The molecule has 0 radical (unpaired) electrons. The molecule has 2 aromatic rings. The molecule has 4 nitrogen and oxygen atoms in total. The summed E-state index contributed by atoms with van der Waals surface area (Å²) >= 11 is 0.